The Kier molecular flexibility index (Phi) is 4.62. The summed E-state index contributed by atoms with van der Waals surface area (Å²) in [5, 5.41) is 2.87. The van der Waals surface area contributed by atoms with Crippen molar-refractivity contribution in [2.75, 3.05) is 23.7 Å². The first kappa shape index (κ1) is 18.6. The van der Waals surface area contributed by atoms with E-state index in [2.05, 4.69) is 46.4 Å². The molecule has 2 aromatic carbocycles. The van der Waals surface area contributed by atoms with Crippen molar-refractivity contribution in [2.45, 2.75) is 32.2 Å². The van der Waals surface area contributed by atoms with E-state index in [1.165, 1.54) is 18.5 Å². The Morgan fingerprint density at radius 3 is 2.70 bits per heavy atom. The van der Waals surface area contributed by atoms with E-state index >= 15 is 0 Å². The van der Waals surface area contributed by atoms with Crippen LogP contribution in [0.4, 0.5) is 11.5 Å². The average Bonchev–Trinajstić information content (AvgIpc) is 3.20. The minimum Gasteiger partial charge on any atom is -0.382 e. The Morgan fingerprint density at radius 2 is 1.93 bits per heavy atom. The summed E-state index contributed by atoms with van der Waals surface area (Å²) in [5.74, 6) is 0.365. The maximum atomic E-state index is 12.0. The van der Waals surface area contributed by atoms with Crippen molar-refractivity contribution in [3.63, 3.8) is 0 Å². The van der Waals surface area contributed by atoms with Gasteiger partial charge in [-0.2, -0.15) is 0 Å². The Hall–Kier alpha value is -3.41. The van der Waals surface area contributed by atoms with Crippen LogP contribution in [0.15, 0.2) is 48.7 Å². The highest BCUT2D eigenvalue weighted by molar-refractivity contribution is 5.97. The van der Waals surface area contributed by atoms with E-state index in [1.807, 2.05) is 18.2 Å². The van der Waals surface area contributed by atoms with Gasteiger partial charge in [-0.05, 0) is 56.0 Å². The van der Waals surface area contributed by atoms with Crippen molar-refractivity contribution in [1.82, 2.24) is 15.3 Å². The van der Waals surface area contributed by atoms with Gasteiger partial charge in [0.1, 0.15) is 11.5 Å². The summed E-state index contributed by atoms with van der Waals surface area (Å²) in [4.78, 5) is 23.7. The summed E-state index contributed by atoms with van der Waals surface area (Å²) in [6.45, 7) is 4.04. The van der Waals surface area contributed by atoms with Crippen LogP contribution < -0.4 is 16.0 Å². The fourth-order valence-corrected chi connectivity index (χ4v) is 4.47. The number of nitrogens with two attached hydrogens (primary N) is 1. The molecule has 1 unspecified atom stereocenters. The number of amides is 1. The van der Waals surface area contributed by atoms with Crippen LogP contribution in [-0.2, 0) is 6.42 Å². The first-order valence-corrected chi connectivity index (χ1v) is 10.5. The van der Waals surface area contributed by atoms with Gasteiger partial charge in [-0.3, -0.25) is 4.79 Å². The molecular formula is C24H25N5O. The van der Waals surface area contributed by atoms with Crippen LogP contribution in [0.3, 0.4) is 0 Å². The molecule has 2 aliphatic heterocycles. The molecule has 3 heterocycles. The summed E-state index contributed by atoms with van der Waals surface area (Å²) in [6.07, 6.45) is 5.02. The van der Waals surface area contributed by atoms with E-state index in [-0.39, 0.29) is 5.91 Å². The third-order valence-corrected chi connectivity index (χ3v) is 6.15. The van der Waals surface area contributed by atoms with Crippen molar-refractivity contribution < 1.29 is 4.79 Å². The summed E-state index contributed by atoms with van der Waals surface area (Å²) in [7, 11) is 0. The topological polar surface area (TPSA) is 84.1 Å². The number of hydrogen-bond donors (Lipinski definition) is 2. The van der Waals surface area contributed by atoms with Gasteiger partial charge in [0.05, 0.1) is 11.9 Å². The van der Waals surface area contributed by atoms with Crippen LogP contribution in [0.2, 0.25) is 0 Å². The van der Waals surface area contributed by atoms with Crippen molar-refractivity contribution in [3.05, 3.63) is 59.8 Å². The third-order valence-electron chi connectivity index (χ3n) is 6.15. The number of nitrogens with one attached hydrogen (secondary N) is 1. The number of carbonyl (C=O) groups is 1. The number of hydrogen-bond acceptors (Lipinski definition) is 5. The number of fused-ring (bicyclic) bond motifs is 1. The van der Waals surface area contributed by atoms with E-state index in [9.17, 15) is 4.79 Å². The quantitative estimate of drug-likeness (QED) is 0.702. The number of rotatable bonds is 3. The van der Waals surface area contributed by atoms with Gasteiger partial charge < -0.3 is 16.0 Å². The molecule has 2 aliphatic rings. The lowest BCUT2D eigenvalue weighted by Crippen LogP contribution is -2.31. The molecule has 5 rings (SSSR count). The molecule has 0 bridgehead atoms. The van der Waals surface area contributed by atoms with Crippen LogP contribution in [0.5, 0.6) is 0 Å². The Morgan fingerprint density at radius 1 is 1.13 bits per heavy atom. The fourth-order valence-electron chi connectivity index (χ4n) is 4.47. The SMILES string of the molecule is CC1CCCN1c1ccc(-c2cnc(N)c(-c3ccc4c(c3)CCNC4=O)n2)cc1. The third kappa shape index (κ3) is 3.28. The Labute approximate surface area is 176 Å². The molecular weight excluding hydrogens is 374 g/mol. The van der Waals surface area contributed by atoms with Gasteiger partial charge in [-0.25, -0.2) is 9.97 Å². The molecule has 1 saturated heterocycles. The second-order valence-corrected chi connectivity index (χ2v) is 8.10. The molecule has 3 aromatic rings. The normalized spacial score (nSPS) is 18.2. The summed E-state index contributed by atoms with van der Waals surface area (Å²) < 4.78 is 0. The number of aromatic nitrogens is 2. The van der Waals surface area contributed by atoms with Crippen LogP contribution in [0.25, 0.3) is 22.5 Å². The van der Waals surface area contributed by atoms with Gasteiger partial charge in [0.2, 0.25) is 0 Å². The van der Waals surface area contributed by atoms with Crippen LogP contribution in [0, 0.1) is 0 Å². The van der Waals surface area contributed by atoms with Gasteiger partial charge in [0.15, 0.2) is 0 Å². The lowest BCUT2D eigenvalue weighted by atomic mass is 9.96. The smallest absolute Gasteiger partial charge is 0.251 e. The molecule has 0 aliphatic carbocycles. The highest BCUT2D eigenvalue weighted by atomic mass is 16.1. The number of benzene rings is 2. The standard InChI is InChI=1S/C24H25N5O/c1-15-3-2-12-29(15)19-7-4-16(5-8-19)21-14-27-23(25)22(28-21)18-6-9-20-17(13-18)10-11-26-24(20)30/h4-9,13-15H,2-3,10-12H2,1H3,(H2,25,27)(H,26,30). The monoisotopic (exact) mass is 399 g/mol. The van der Waals surface area contributed by atoms with Crippen molar-refractivity contribution in [3.8, 4) is 22.5 Å². The van der Waals surface area contributed by atoms with Gasteiger partial charge in [0, 0.05) is 41.5 Å². The zero-order chi connectivity index (χ0) is 20.7. The predicted molar refractivity (Wildman–Crippen MR) is 119 cm³/mol. The number of nitrogens with zero attached hydrogens (tertiary/aromatic N) is 3. The molecule has 1 aromatic heterocycles. The Balaban J connectivity index is 1.47. The van der Waals surface area contributed by atoms with Gasteiger partial charge in [-0.15, -0.1) is 0 Å². The van der Waals surface area contributed by atoms with Crippen LogP contribution >= 0.6 is 0 Å². The second-order valence-electron chi connectivity index (χ2n) is 8.10. The zero-order valence-corrected chi connectivity index (χ0v) is 17.1. The van der Waals surface area contributed by atoms with E-state index in [4.69, 9.17) is 10.7 Å². The van der Waals surface area contributed by atoms with E-state index in [1.54, 1.807) is 6.20 Å². The molecule has 1 fully saturated rings. The van der Waals surface area contributed by atoms with Gasteiger partial charge >= 0.3 is 0 Å². The fraction of sp³-hybridized carbons (Fsp3) is 0.292. The van der Waals surface area contributed by atoms with Gasteiger partial charge in [0.25, 0.3) is 5.91 Å². The van der Waals surface area contributed by atoms with E-state index < -0.39 is 0 Å². The van der Waals surface area contributed by atoms with Crippen molar-refractivity contribution >= 4 is 17.4 Å². The summed E-state index contributed by atoms with van der Waals surface area (Å²) in [5.41, 5.74) is 12.5. The van der Waals surface area contributed by atoms with Gasteiger partial charge in [-0.1, -0.05) is 18.2 Å². The lowest BCUT2D eigenvalue weighted by Gasteiger charge is -2.23. The molecule has 0 spiro atoms. The average molecular weight is 399 g/mol. The highest BCUT2D eigenvalue weighted by Gasteiger charge is 2.21. The van der Waals surface area contributed by atoms with Crippen molar-refractivity contribution in [1.29, 1.82) is 0 Å². The molecule has 1 atom stereocenters. The van der Waals surface area contributed by atoms with E-state index in [0.717, 1.165) is 40.9 Å². The minimum absolute atomic E-state index is 0.0250. The Bertz CT molecular complexity index is 1110. The second kappa shape index (κ2) is 7.44. The molecule has 152 valence electrons. The molecule has 3 N–H and O–H groups in total. The molecule has 6 nitrogen and oxygen atoms in total. The molecule has 0 saturated carbocycles. The van der Waals surface area contributed by atoms with E-state index in [0.29, 0.717) is 24.1 Å². The van der Waals surface area contributed by atoms with Crippen LogP contribution in [0.1, 0.15) is 35.7 Å². The highest BCUT2D eigenvalue weighted by Crippen LogP contribution is 2.30. The van der Waals surface area contributed by atoms with Crippen molar-refractivity contribution in [2.24, 2.45) is 0 Å². The lowest BCUT2D eigenvalue weighted by molar-refractivity contribution is 0.0946. The molecule has 30 heavy (non-hydrogen) atoms. The molecule has 0 radical (unpaired) electrons. The number of anilines is 2. The zero-order valence-electron chi connectivity index (χ0n) is 17.1. The first-order chi connectivity index (χ1) is 14.6. The summed E-state index contributed by atoms with van der Waals surface area (Å²) in [6, 6.07) is 14.9. The first-order valence-electron chi connectivity index (χ1n) is 10.5. The number of carbonyl (C=O) groups excluding carboxylic acids is 1. The largest absolute Gasteiger partial charge is 0.382 e. The molecule has 6 heteroatoms. The summed E-state index contributed by atoms with van der Waals surface area (Å²) >= 11 is 0. The maximum Gasteiger partial charge on any atom is 0.251 e. The number of nitrogen functional groups attached to an aromatic ring is 1. The predicted octanol–water partition coefficient (Wildman–Crippen LogP) is 3.67. The van der Waals surface area contributed by atoms with Crippen LogP contribution in [-0.4, -0.2) is 35.0 Å². The molecule has 1 amide bonds. The maximum absolute atomic E-state index is 12.0. The minimum atomic E-state index is -0.0250.